The Hall–Kier alpha value is -1.90. The van der Waals surface area contributed by atoms with E-state index in [1.54, 1.807) is 6.07 Å². The van der Waals surface area contributed by atoms with Crippen LogP contribution in [0.1, 0.15) is 11.3 Å². The van der Waals surface area contributed by atoms with Gasteiger partial charge in [-0.15, -0.1) is 0 Å². The molecule has 0 amide bonds. The van der Waals surface area contributed by atoms with Crippen molar-refractivity contribution in [1.82, 2.24) is 4.98 Å². The van der Waals surface area contributed by atoms with Crippen molar-refractivity contribution >= 4 is 5.69 Å². The Morgan fingerprint density at radius 3 is 2.40 bits per heavy atom. The van der Waals surface area contributed by atoms with Crippen molar-refractivity contribution in [1.29, 1.82) is 0 Å². The molecular formula is C12H11FN2. The maximum absolute atomic E-state index is 12.6. The number of hydrogen-bond donors (Lipinski definition) is 1. The molecular weight excluding hydrogens is 191 g/mol. The number of halogens is 1. The van der Waals surface area contributed by atoms with E-state index in [0.29, 0.717) is 6.42 Å². The number of benzene rings is 1. The summed E-state index contributed by atoms with van der Waals surface area (Å²) < 4.78 is 12.6. The molecule has 2 aromatic rings. The maximum Gasteiger partial charge on any atom is 0.141 e. The molecule has 1 heterocycles. The molecule has 2 N–H and O–H groups in total. The zero-order valence-electron chi connectivity index (χ0n) is 8.15. The molecule has 1 aromatic carbocycles. The molecule has 0 aliphatic heterocycles. The number of nitrogens with zero attached hydrogens (tertiary/aromatic N) is 1. The molecule has 2 nitrogen and oxygen atoms in total. The van der Waals surface area contributed by atoms with Crippen LogP contribution in [0.4, 0.5) is 10.1 Å². The third-order valence-electron chi connectivity index (χ3n) is 2.15. The summed E-state index contributed by atoms with van der Waals surface area (Å²) in [5.74, 6) is -0.309. The maximum atomic E-state index is 12.6. The normalized spacial score (nSPS) is 10.2. The van der Waals surface area contributed by atoms with Gasteiger partial charge in [0.05, 0.1) is 6.20 Å². The average molecular weight is 202 g/mol. The second kappa shape index (κ2) is 4.09. The highest BCUT2D eigenvalue weighted by atomic mass is 19.1. The van der Waals surface area contributed by atoms with Gasteiger partial charge in [0.1, 0.15) is 5.82 Å². The molecule has 0 spiro atoms. The van der Waals surface area contributed by atoms with E-state index < -0.39 is 0 Å². The number of nitrogens with two attached hydrogens (primary N) is 1. The van der Waals surface area contributed by atoms with E-state index in [-0.39, 0.29) is 5.82 Å². The van der Waals surface area contributed by atoms with E-state index in [0.717, 1.165) is 16.9 Å². The first-order valence-electron chi connectivity index (χ1n) is 4.69. The number of pyridine rings is 1. The minimum Gasteiger partial charge on any atom is -0.399 e. The molecule has 1 aromatic heterocycles. The van der Waals surface area contributed by atoms with Crippen molar-refractivity contribution < 1.29 is 4.39 Å². The van der Waals surface area contributed by atoms with Crippen LogP contribution in [0.5, 0.6) is 0 Å². The van der Waals surface area contributed by atoms with Crippen molar-refractivity contribution in [3.63, 3.8) is 0 Å². The molecule has 0 saturated carbocycles. The van der Waals surface area contributed by atoms with Gasteiger partial charge >= 0.3 is 0 Å². The van der Waals surface area contributed by atoms with Crippen LogP contribution in [0, 0.1) is 5.82 Å². The first-order valence-corrected chi connectivity index (χ1v) is 4.69. The fraction of sp³-hybridized carbons (Fsp3) is 0.0833. The summed E-state index contributed by atoms with van der Waals surface area (Å²) in [7, 11) is 0. The Morgan fingerprint density at radius 2 is 1.80 bits per heavy atom. The summed E-state index contributed by atoms with van der Waals surface area (Å²) in [6.45, 7) is 0. The molecule has 0 unspecified atom stereocenters. The molecule has 15 heavy (non-hydrogen) atoms. The molecule has 2 rings (SSSR count). The lowest BCUT2D eigenvalue weighted by Crippen LogP contribution is -1.93. The molecule has 0 aliphatic rings. The van der Waals surface area contributed by atoms with Crippen LogP contribution in [-0.2, 0) is 6.42 Å². The summed E-state index contributed by atoms with van der Waals surface area (Å²) >= 11 is 0. The quantitative estimate of drug-likeness (QED) is 0.759. The zero-order chi connectivity index (χ0) is 10.7. The van der Waals surface area contributed by atoms with Crippen LogP contribution in [-0.4, -0.2) is 4.98 Å². The van der Waals surface area contributed by atoms with Gasteiger partial charge < -0.3 is 5.73 Å². The zero-order valence-corrected chi connectivity index (χ0v) is 8.15. The number of nitrogen functional groups attached to an aromatic ring is 1. The fourth-order valence-corrected chi connectivity index (χ4v) is 1.36. The number of aromatic nitrogens is 1. The summed E-state index contributed by atoms with van der Waals surface area (Å²) in [6, 6.07) is 10.7. The molecule has 3 heteroatoms. The molecule has 76 valence electrons. The van der Waals surface area contributed by atoms with Gasteiger partial charge in [0.2, 0.25) is 0 Å². The Bertz CT molecular complexity index is 391. The van der Waals surface area contributed by atoms with Crippen molar-refractivity contribution in [3.8, 4) is 0 Å². The van der Waals surface area contributed by atoms with Gasteiger partial charge in [-0.2, -0.15) is 0 Å². The SMILES string of the molecule is Nc1ccc(Cc2ccc(F)cn2)cc1. The standard InChI is InChI=1S/C12H11FN2/c13-10-3-6-12(15-8-10)7-9-1-4-11(14)5-2-9/h1-6,8H,7,14H2. The van der Waals surface area contributed by atoms with Gasteiger partial charge in [-0.3, -0.25) is 4.98 Å². The smallest absolute Gasteiger partial charge is 0.141 e. The first-order chi connectivity index (χ1) is 7.24. The number of hydrogen-bond acceptors (Lipinski definition) is 2. The second-order valence-electron chi connectivity index (χ2n) is 3.39. The largest absolute Gasteiger partial charge is 0.399 e. The van der Waals surface area contributed by atoms with Crippen molar-refractivity contribution in [2.45, 2.75) is 6.42 Å². The van der Waals surface area contributed by atoms with Crippen LogP contribution >= 0.6 is 0 Å². The van der Waals surface area contributed by atoms with E-state index >= 15 is 0 Å². The summed E-state index contributed by atoms with van der Waals surface area (Å²) in [6.07, 6.45) is 1.92. The first kappa shape index (κ1) is 9.65. The van der Waals surface area contributed by atoms with Crippen LogP contribution in [0.15, 0.2) is 42.6 Å². The minimum atomic E-state index is -0.309. The van der Waals surface area contributed by atoms with Crippen LogP contribution in [0.3, 0.4) is 0 Å². The topological polar surface area (TPSA) is 38.9 Å². The van der Waals surface area contributed by atoms with E-state index in [1.807, 2.05) is 24.3 Å². The lowest BCUT2D eigenvalue weighted by molar-refractivity contribution is 0.619. The van der Waals surface area contributed by atoms with Gasteiger partial charge in [0, 0.05) is 17.8 Å². The fourth-order valence-electron chi connectivity index (χ4n) is 1.36. The summed E-state index contributed by atoms with van der Waals surface area (Å²) in [5, 5.41) is 0. The Kier molecular flexibility index (Phi) is 2.63. The monoisotopic (exact) mass is 202 g/mol. The molecule has 0 saturated heterocycles. The van der Waals surface area contributed by atoms with Crippen LogP contribution in [0.25, 0.3) is 0 Å². The van der Waals surface area contributed by atoms with Gasteiger partial charge in [-0.25, -0.2) is 4.39 Å². The van der Waals surface area contributed by atoms with Gasteiger partial charge in [-0.1, -0.05) is 12.1 Å². The summed E-state index contributed by atoms with van der Waals surface area (Å²) in [5.41, 5.74) is 8.28. The Labute approximate surface area is 87.6 Å². The number of anilines is 1. The second-order valence-corrected chi connectivity index (χ2v) is 3.39. The van der Waals surface area contributed by atoms with Crippen molar-refractivity contribution in [2.75, 3.05) is 5.73 Å². The van der Waals surface area contributed by atoms with Gasteiger partial charge in [0.15, 0.2) is 0 Å². The predicted octanol–water partition coefficient (Wildman–Crippen LogP) is 2.39. The van der Waals surface area contributed by atoms with E-state index in [2.05, 4.69) is 4.98 Å². The molecule has 0 bridgehead atoms. The molecule has 0 radical (unpaired) electrons. The third kappa shape index (κ3) is 2.53. The molecule has 0 atom stereocenters. The molecule has 0 aliphatic carbocycles. The lowest BCUT2D eigenvalue weighted by Gasteiger charge is -2.01. The summed E-state index contributed by atoms with van der Waals surface area (Å²) in [4.78, 5) is 3.99. The number of rotatable bonds is 2. The van der Waals surface area contributed by atoms with Gasteiger partial charge in [0.25, 0.3) is 0 Å². The highest BCUT2D eigenvalue weighted by molar-refractivity contribution is 5.40. The average Bonchev–Trinajstić information content (AvgIpc) is 2.25. The van der Waals surface area contributed by atoms with Crippen LogP contribution < -0.4 is 5.73 Å². The van der Waals surface area contributed by atoms with Crippen molar-refractivity contribution in [3.05, 3.63) is 59.7 Å². The highest BCUT2D eigenvalue weighted by Crippen LogP contribution is 2.10. The van der Waals surface area contributed by atoms with Gasteiger partial charge in [-0.05, 0) is 29.8 Å². The minimum absolute atomic E-state index is 0.309. The van der Waals surface area contributed by atoms with E-state index in [1.165, 1.54) is 12.3 Å². The molecule has 0 fully saturated rings. The Balaban J connectivity index is 2.15. The van der Waals surface area contributed by atoms with E-state index in [9.17, 15) is 4.39 Å². The van der Waals surface area contributed by atoms with Crippen molar-refractivity contribution in [2.24, 2.45) is 0 Å². The van der Waals surface area contributed by atoms with E-state index in [4.69, 9.17) is 5.73 Å². The van der Waals surface area contributed by atoms with Crippen LogP contribution in [0.2, 0.25) is 0 Å². The highest BCUT2D eigenvalue weighted by Gasteiger charge is 1.98. The predicted molar refractivity (Wildman–Crippen MR) is 57.9 cm³/mol. The third-order valence-corrected chi connectivity index (χ3v) is 2.15. The Morgan fingerprint density at radius 1 is 1.07 bits per heavy atom. The lowest BCUT2D eigenvalue weighted by atomic mass is 10.1.